The molecule has 0 saturated heterocycles. The summed E-state index contributed by atoms with van der Waals surface area (Å²) in [7, 11) is 0. The predicted molar refractivity (Wildman–Crippen MR) is 24.7 cm³/mol. The van der Waals surface area contributed by atoms with Crippen LogP contribution in [-0.4, -0.2) is 17.4 Å². The van der Waals surface area contributed by atoms with Gasteiger partial charge in [-0.1, -0.05) is 6.92 Å². The van der Waals surface area contributed by atoms with Gasteiger partial charge in [0.15, 0.2) is 0 Å². The van der Waals surface area contributed by atoms with Gasteiger partial charge in [0.1, 0.15) is 5.67 Å². The van der Waals surface area contributed by atoms with Crippen molar-refractivity contribution < 1.29 is 9.50 Å². The molecule has 0 bridgehead atoms. The van der Waals surface area contributed by atoms with Crippen LogP contribution in [0.3, 0.4) is 0 Å². The Balaban J connectivity index is 2.36. The summed E-state index contributed by atoms with van der Waals surface area (Å²) in [5, 5.41) is 8.26. The van der Waals surface area contributed by atoms with Crippen LogP contribution < -0.4 is 0 Å². The quantitative estimate of drug-likeness (QED) is 0.520. The Morgan fingerprint density at radius 2 is 2.43 bits per heavy atom. The van der Waals surface area contributed by atoms with Gasteiger partial charge in [-0.15, -0.1) is 0 Å². The monoisotopic (exact) mass is 104 g/mol. The Hall–Kier alpha value is -0.110. The van der Waals surface area contributed by atoms with Gasteiger partial charge in [0.05, 0.1) is 6.61 Å². The largest absolute Gasteiger partial charge is 0.393 e. The van der Waals surface area contributed by atoms with Gasteiger partial charge < -0.3 is 5.11 Å². The lowest BCUT2D eigenvalue weighted by Crippen LogP contribution is -2.07. The third-order valence-electron chi connectivity index (χ3n) is 1.63. The van der Waals surface area contributed by atoms with Crippen molar-refractivity contribution in [3.05, 3.63) is 0 Å². The maximum absolute atomic E-state index is 12.4. The summed E-state index contributed by atoms with van der Waals surface area (Å²) in [4.78, 5) is 0. The molecule has 1 rings (SSSR count). The molecule has 2 atom stereocenters. The van der Waals surface area contributed by atoms with Crippen LogP contribution in [0, 0.1) is 5.92 Å². The molecule has 0 spiro atoms. The Morgan fingerprint density at radius 3 is 2.43 bits per heavy atom. The van der Waals surface area contributed by atoms with E-state index in [-0.39, 0.29) is 12.5 Å². The van der Waals surface area contributed by atoms with Crippen molar-refractivity contribution in [1.82, 2.24) is 0 Å². The van der Waals surface area contributed by atoms with Crippen LogP contribution in [0.2, 0.25) is 0 Å². The predicted octanol–water partition coefficient (Wildman–Crippen LogP) is 0.727. The molecule has 1 saturated carbocycles. The number of aliphatic hydroxyl groups excluding tert-OH is 1. The topological polar surface area (TPSA) is 20.2 Å². The van der Waals surface area contributed by atoms with Crippen LogP contribution >= 0.6 is 0 Å². The van der Waals surface area contributed by atoms with E-state index in [2.05, 4.69) is 0 Å². The number of halogens is 1. The molecule has 1 fully saturated rings. The number of aliphatic hydroxyl groups is 1. The highest BCUT2D eigenvalue weighted by atomic mass is 19.1. The summed E-state index contributed by atoms with van der Waals surface area (Å²) >= 11 is 0. The molecule has 0 radical (unpaired) electrons. The molecule has 0 aromatic heterocycles. The highest BCUT2D eigenvalue weighted by Gasteiger charge is 2.51. The average molecular weight is 104 g/mol. The molecule has 1 aliphatic carbocycles. The minimum Gasteiger partial charge on any atom is -0.393 e. The Bertz CT molecular complexity index is 80.1. The molecule has 0 aliphatic heterocycles. The van der Waals surface area contributed by atoms with Gasteiger partial charge in [0, 0.05) is 0 Å². The molecule has 2 heteroatoms. The first-order valence-electron chi connectivity index (χ1n) is 2.49. The highest BCUT2D eigenvalue weighted by molar-refractivity contribution is 5.00. The molecular weight excluding hydrogens is 95.1 g/mol. The molecule has 0 aromatic carbocycles. The van der Waals surface area contributed by atoms with E-state index in [1.807, 2.05) is 0 Å². The summed E-state index contributed by atoms with van der Waals surface area (Å²) in [6, 6.07) is 0. The van der Waals surface area contributed by atoms with Crippen molar-refractivity contribution in [2.75, 3.05) is 6.61 Å². The summed E-state index contributed by atoms with van der Waals surface area (Å²) in [6.07, 6.45) is 0.545. The Morgan fingerprint density at radius 1 is 2.00 bits per heavy atom. The molecule has 0 amide bonds. The van der Waals surface area contributed by atoms with Crippen molar-refractivity contribution in [1.29, 1.82) is 0 Å². The van der Waals surface area contributed by atoms with Crippen molar-refractivity contribution >= 4 is 0 Å². The SMILES string of the molecule is C[C@H]1C[C@]1(F)CO. The molecule has 1 aliphatic rings. The average Bonchev–Trinajstić information content (AvgIpc) is 2.18. The molecule has 0 unspecified atom stereocenters. The van der Waals surface area contributed by atoms with Gasteiger partial charge in [-0.25, -0.2) is 4.39 Å². The van der Waals surface area contributed by atoms with Gasteiger partial charge in [0.25, 0.3) is 0 Å². The number of hydrogen-bond donors (Lipinski definition) is 1. The molecule has 1 nitrogen and oxygen atoms in total. The van der Waals surface area contributed by atoms with Gasteiger partial charge >= 0.3 is 0 Å². The van der Waals surface area contributed by atoms with Gasteiger partial charge in [-0.2, -0.15) is 0 Å². The zero-order valence-electron chi connectivity index (χ0n) is 4.32. The Labute approximate surface area is 42.2 Å². The fraction of sp³-hybridized carbons (Fsp3) is 1.00. The second kappa shape index (κ2) is 1.19. The van der Waals surface area contributed by atoms with E-state index in [9.17, 15) is 4.39 Å². The lowest BCUT2D eigenvalue weighted by atomic mass is 10.3. The van der Waals surface area contributed by atoms with Crippen LogP contribution in [0.4, 0.5) is 4.39 Å². The normalized spacial score (nSPS) is 49.3. The molecular formula is C5H9FO. The smallest absolute Gasteiger partial charge is 0.137 e. The zero-order chi connectivity index (χ0) is 5.49. The first kappa shape index (κ1) is 5.04. The van der Waals surface area contributed by atoms with Crippen LogP contribution in [0.15, 0.2) is 0 Å². The van der Waals surface area contributed by atoms with E-state index >= 15 is 0 Å². The van der Waals surface area contributed by atoms with E-state index in [0.29, 0.717) is 6.42 Å². The fourth-order valence-electron chi connectivity index (χ4n) is 0.670. The first-order chi connectivity index (χ1) is 3.19. The lowest BCUT2D eigenvalue weighted by molar-refractivity contribution is 0.148. The van der Waals surface area contributed by atoms with Crippen LogP contribution in [0.25, 0.3) is 0 Å². The van der Waals surface area contributed by atoms with Crippen molar-refractivity contribution in [3.63, 3.8) is 0 Å². The third kappa shape index (κ3) is 0.630. The molecule has 0 heterocycles. The van der Waals surface area contributed by atoms with E-state index in [1.165, 1.54) is 0 Å². The Kier molecular flexibility index (Phi) is 0.854. The number of rotatable bonds is 1. The van der Waals surface area contributed by atoms with Gasteiger partial charge in [-0.3, -0.25) is 0 Å². The minimum absolute atomic E-state index is 0.0949. The number of alkyl halides is 1. The third-order valence-corrected chi connectivity index (χ3v) is 1.63. The van der Waals surface area contributed by atoms with Crippen LogP contribution in [0.1, 0.15) is 13.3 Å². The van der Waals surface area contributed by atoms with E-state index < -0.39 is 5.67 Å². The van der Waals surface area contributed by atoms with Gasteiger partial charge in [0.2, 0.25) is 0 Å². The molecule has 42 valence electrons. The molecule has 7 heavy (non-hydrogen) atoms. The van der Waals surface area contributed by atoms with E-state index in [0.717, 1.165) is 0 Å². The van der Waals surface area contributed by atoms with Crippen LogP contribution in [-0.2, 0) is 0 Å². The van der Waals surface area contributed by atoms with Crippen molar-refractivity contribution in [3.8, 4) is 0 Å². The van der Waals surface area contributed by atoms with E-state index in [4.69, 9.17) is 5.11 Å². The summed E-state index contributed by atoms with van der Waals surface area (Å²) < 4.78 is 12.4. The zero-order valence-corrected chi connectivity index (χ0v) is 4.32. The minimum atomic E-state index is -1.19. The lowest BCUT2D eigenvalue weighted by Gasteiger charge is -1.95. The summed E-state index contributed by atoms with van der Waals surface area (Å²) in [5.74, 6) is 0.0949. The fourth-order valence-corrected chi connectivity index (χ4v) is 0.670. The van der Waals surface area contributed by atoms with Crippen molar-refractivity contribution in [2.45, 2.75) is 19.0 Å². The van der Waals surface area contributed by atoms with Gasteiger partial charge in [-0.05, 0) is 12.3 Å². The summed E-state index contributed by atoms with van der Waals surface area (Å²) in [5.41, 5.74) is -1.19. The maximum atomic E-state index is 12.4. The standard InChI is InChI=1S/C5H9FO/c1-4-2-5(4,6)3-7/h4,7H,2-3H2,1H3/t4-,5-/m0/s1. The van der Waals surface area contributed by atoms with Crippen LogP contribution in [0.5, 0.6) is 0 Å². The first-order valence-corrected chi connectivity index (χ1v) is 2.49. The maximum Gasteiger partial charge on any atom is 0.137 e. The molecule has 0 aromatic rings. The second-order valence-corrected chi connectivity index (χ2v) is 2.30. The van der Waals surface area contributed by atoms with E-state index in [1.54, 1.807) is 6.92 Å². The van der Waals surface area contributed by atoms with Crippen molar-refractivity contribution in [2.24, 2.45) is 5.92 Å². The molecule has 1 N–H and O–H groups in total. The second-order valence-electron chi connectivity index (χ2n) is 2.30. The number of hydrogen-bond acceptors (Lipinski definition) is 1. The summed E-state index contributed by atoms with van der Waals surface area (Å²) in [6.45, 7) is 1.50. The highest BCUT2D eigenvalue weighted by Crippen LogP contribution is 2.45.